The third-order valence-corrected chi connectivity index (χ3v) is 4.98. The molecule has 1 aromatic carbocycles. The molecule has 0 radical (unpaired) electrons. The van der Waals surface area contributed by atoms with Crippen LogP contribution >= 0.6 is 0 Å². The maximum Gasteiger partial charge on any atom is 0.320 e. The molecule has 2 atom stereocenters. The predicted molar refractivity (Wildman–Crippen MR) is 82.5 cm³/mol. The molecule has 2 unspecified atom stereocenters. The van der Waals surface area contributed by atoms with E-state index in [-0.39, 0.29) is 25.3 Å². The second-order valence-corrected chi connectivity index (χ2v) is 6.63. The molecule has 130 valence electrons. The highest BCUT2D eigenvalue weighted by molar-refractivity contribution is 5.81. The van der Waals surface area contributed by atoms with E-state index in [9.17, 15) is 18.4 Å². The lowest BCUT2D eigenvalue weighted by molar-refractivity contribution is -0.141. The Morgan fingerprint density at radius 3 is 2.50 bits per heavy atom. The van der Waals surface area contributed by atoms with E-state index >= 15 is 0 Å². The Bertz CT molecular complexity index is 638. The Morgan fingerprint density at radius 1 is 1.25 bits per heavy atom. The molecular weight excluding hydrogens is 318 g/mol. The van der Waals surface area contributed by atoms with Crippen LogP contribution in [0.4, 0.5) is 8.78 Å². The second-order valence-electron chi connectivity index (χ2n) is 6.63. The predicted octanol–water partition coefficient (Wildman–Crippen LogP) is 1.72. The summed E-state index contributed by atoms with van der Waals surface area (Å²) in [5.74, 6) is -2.09. The lowest BCUT2D eigenvalue weighted by Crippen LogP contribution is -2.59. The first-order valence-corrected chi connectivity index (χ1v) is 8.08. The smallest absolute Gasteiger partial charge is 0.320 e. The van der Waals surface area contributed by atoms with Crippen LogP contribution in [-0.4, -0.2) is 35.7 Å². The number of piperidine rings is 1. The van der Waals surface area contributed by atoms with Crippen LogP contribution in [-0.2, 0) is 15.1 Å². The molecule has 2 aliphatic rings. The van der Waals surface area contributed by atoms with Crippen LogP contribution in [0.2, 0.25) is 0 Å². The maximum absolute atomic E-state index is 14.1. The lowest BCUT2D eigenvalue weighted by atomic mass is 9.70. The molecule has 1 saturated carbocycles. The summed E-state index contributed by atoms with van der Waals surface area (Å²) in [6.45, 7) is 0.245. The highest BCUT2D eigenvalue weighted by Gasteiger charge is 2.49. The monoisotopic (exact) mass is 338 g/mol. The molecule has 5 nitrogen and oxygen atoms in total. The fourth-order valence-electron chi connectivity index (χ4n) is 3.56. The molecule has 0 spiro atoms. The molecule has 1 aliphatic heterocycles. The van der Waals surface area contributed by atoms with E-state index in [0.717, 1.165) is 0 Å². The van der Waals surface area contributed by atoms with Gasteiger partial charge < -0.3 is 15.7 Å². The molecule has 1 aromatic rings. The highest BCUT2D eigenvalue weighted by atomic mass is 19.1. The molecule has 7 heteroatoms. The number of halogens is 2. The Hall–Kier alpha value is -2.02. The fourth-order valence-corrected chi connectivity index (χ4v) is 3.56. The number of carbonyl (C=O) groups is 2. The number of hydrogen-bond acceptors (Lipinski definition) is 3. The third kappa shape index (κ3) is 3.13. The Kier molecular flexibility index (Phi) is 4.54. The minimum absolute atomic E-state index is 0.0531. The number of carboxylic acid groups (broad SMARTS) is 1. The Morgan fingerprint density at radius 2 is 1.96 bits per heavy atom. The molecule has 1 heterocycles. The third-order valence-electron chi connectivity index (χ3n) is 4.98. The molecule has 0 bridgehead atoms. The number of benzene rings is 1. The molecule has 1 aliphatic carbocycles. The van der Waals surface area contributed by atoms with E-state index in [2.05, 4.69) is 10.6 Å². The van der Waals surface area contributed by atoms with Crippen molar-refractivity contribution < 1.29 is 23.5 Å². The van der Waals surface area contributed by atoms with E-state index in [4.69, 9.17) is 5.11 Å². The van der Waals surface area contributed by atoms with Gasteiger partial charge in [-0.15, -0.1) is 0 Å². The molecular formula is C17H20F2N2O3. The topological polar surface area (TPSA) is 78.4 Å². The van der Waals surface area contributed by atoms with Gasteiger partial charge in [0.1, 0.15) is 18.0 Å². The van der Waals surface area contributed by atoms with Crippen LogP contribution < -0.4 is 10.6 Å². The van der Waals surface area contributed by atoms with Gasteiger partial charge in [-0.2, -0.15) is 0 Å². The lowest BCUT2D eigenvalue weighted by Gasteiger charge is -2.46. The van der Waals surface area contributed by atoms with E-state index in [1.807, 2.05) is 0 Å². The van der Waals surface area contributed by atoms with Gasteiger partial charge in [0, 0.05) is 24.9 Å². The van der Waals surface area contributed by atoms with Gasteiger partial charge in [-0.05, 0) is 18.9 Å². The van der Waals surface area contributed by atoms with Crippen molar-refractivity contribution in [3.05, 3.63) is 35.6 Å². The van der Waals surface area contributed by atoms with Crippen LogP contribution in [0.25, 0.3) is 0 Å². The maximum atomic E-state index is 14.1. The summed E-state index contributed by atoms with van der Waals surface area (Å²) in [6.07, 6.45) is -0.172. The fraction of sp³-hybridized carbons (Fsp3) is 0.529. The summed E-state index contributed by atoms with van der Waals surface area (Å²) in [7, 11) is 0. The van der Waals surface area contributed by atoms with Crippen LogP contribution in [0.3, 0.4) is 0 Å². The molecule has 3 rings (SSSR count). The molecule has 1 saturated heterocycles. The van der Waals surface area contributed by atoms with Gasteiger partial charge in [0.25, 0.3) is 0 Å². The van der Waals surface area contributed by atoms with E-state index < -0.39 is 35.5 Å². The largest absolute Gasteiger partial charge is 0.480 e. The first-order valence-electron chi connectivity index (χ1n) is 8.08. The average Bonchev–Trinajstić information content (AvgIpc) is 2.53. The number of carboxylic acids is 1. The van der Waals surface area contributed by atoms with Gasteiger partial charge in [0.15, 0.2) is 0 Å². The van der Waals surface area contributed by atoms with Crippen molar-refractivity contribution in [3.8, 4) is 0 Å². The van der Waals surface area contributed by atoms with Gasteiger partial charge in [-0.25, -0.2) is 8.78 Å². The summed E-state index contributed by atoms with van der Waals surface area (Å²) in [4.78, 5) is 23.5. The van der Waals surface area contributed by atoms with Crippen molar-refractivity contribution >= 4 is 11.9 Å². The highest BCUT2D eigenvalue weighted by Crippen LogP contribution is 2.44. The van der Waals surface area contributed by atoms with Crippen molar-refractivity contribution in [1.82, 2.24) is 10.6 Å². The van der Waals surface area contributed by atoms with E-state index in [0.29, 0.717) is 18.4 Å². The molecule has 0 aromatic heterocycles. The molecule has 3 N–H and O–H groups in total. The number of rotatable bonds is 4. The molecule has 24 heavy (non-hydrogen) atoms. The van der Waals surface area contributed by atoms with Crippen LogP contribution in [0.1, 0.15) is 31.2 Å². The molecule has 1 amide bonds. The Balaban J connectivity index is 1.70. The van der Waals surface area contributed by atoms with E-state index in [1.165, 1.54) is 6.07 Å². The summed E-state index contributed by atoms with van der Waals surface area (Å²) < 4.78 is 27.6. The zero-order chi connectivity index (χ0) is 17.3. The Labute approximate surface area is 138 Å². The van der Waals surface area contributed by atoms with Gasteiger partial charge in [0.2, 0.25) is 5.91 Å². The minimum atomic E-state index is -1.06. The van der Waals surface area contributed by atoms with Gasteiger partial charge in [-0.1, -0.05) is 18.2 Å². The SMILES string of the molecule is O=C(NC1(c2ccccc2F)CC(F)C1)C1CCC(C(=O)O)NC1. The second kappa shape index (κ2) is 6.47. The number of alkyl halides is 1. The normalized spacial score (nSPS) is 32.7. The number of amides is 1. The zero-order valence-corrected chi connectivity index (χ0v) is 13.1. The minimum Gasteiger partial charge on any atom is -0.480 e. The number of hydrogen-bond donors (Lipinski definition) is 3. The first-order chi connectivity index (χ1) is 11.4. The standard InChI is InChI=1S/C17H20F2N2O3/c18-11-7-17(8-11,12-3-1-2-4-13(12)19)21-15(22)10-5-6-14(16(23)24)20-9-10/h1-4,10-11,14,20H,5-9H2,(H,21,22)(H,23,24). The average molecular weight is 338 g/mol. The van der Waals surface area contributed by atoms with Crippen LogP contribution in [0.5, 0.6) is 0 Å². The summed E-state index contributed by atoms with van der Waals surface area (Å²) in [5.41, 5.74) is -0.703. The van der Waals surface area contributed by atoms with Crippen molar-refractivity contribution in [1.29, 1.82) is 0 Å². The summed E-state index contributed by atoms with van der Waals surface area (Å²) in [6, 6.07) is 5.44. The molecule has 2 fully saturated rings. The number of aliphatic carboxylic acids is 1. The summed E-state index contributed by atoms with van der Waals surface area (Å²) in [5, 5.41) is 14.6. The van der Waals surface area contributed by atoms with Crippen molar-refractivity contribution in [2.24, 2.45) is 5.92 Å². The van der Waals surface area contributed by atoms with Crippen LogP contribution in [0.15, 0.2) is 24.3 Å². The van der Waals surface area contributed by atoms with E-state index in [1.54, 1.807) is 18.2 Å². The van der Waals surface area contributed by atoms with Crippen molar-refractivity contribution in [2.75, 3.05) is 6.54 Å². The van der Waals surface area contributed by atoms with Gasteiger partial charge in [-0.3, -0.25) is 9.59 Å². The van der Waals surface area contributed by atoms with Gasteiger partial charge >= 0.3 is 5.97 Å². The number of nitrogens with one attached hydrogen (secondary N) is 2. The number of carbonyl (C=O) groups excluding carboxylic acids is 1. The van der Waals surface area contributed by atoms with Gasteiger partial charge in [0.05, 0.1) is 11.5 Å². The van der Waals surface area contributed by atoms with Crippen molar-refractivity contribution in [2.45, 2.75) is 43.4 Å². The van der Waals surface area contributed by atoms with Crippen LogP contribution in [0, 0.1) is 11.7 Å². The quantitative estimate of drug-likeness (QED) is 0.781. The zero-order valence-electron chi connectivity index (χ0n) is 13.1. The van der Waals surface area contributed by atoms with Crippen molar-refractivity contribution in [3.63, 3.8) is 0 Å². The summed E-state index contributed by atoms with van der Waals surface area (Å²) >= 11 is 0. The first kappa shape index (κ1) is 16.8.